The van der Waals surface area contributed by atoms with E-state index < -0.39 is 11.6 Å². The first-order valence-electron chi connectivity index (χ1n) is 8.00. The zero-order valence-corrected chi connectivity index (χ0v) is 13.3. The predicted octanol–water partition coefficient (Wildman–Crippen LogP) is 1.82. The molecular weight excluding hydrogens is 314 g/mol. The molecule has 24 heavy (non-hydrogen) atoms. The maximum absolute atomic E-state index is 14.5. The van der Waals surface area contributed by atoms with Crippen LogP contribution in [0.2, 0.25) is 0 Å². The normalized spacial score (nSPS) is 25.7. The Morgan fingerprint density at radius 1 is 1.42 bits per heavy atom. The van der Waals surface area contributed by atoms with Gasteiger partial charge in [0.25, 0.3) is 0 Å². The van der Waals surface area contributed by atoms with Crippen molar-refractivity contribution in [2.75, 3.05) is 24.6 Å². The molecule has 3 unspecified atom stereocenters. The van der Waals surface area contributed by atoms with E-state index >= 15 is 0 Å². The van der Waals surface area contributed by atoms with Crippen molar-refractivity contribution in [2.45, 2.75) is 24.9 Å². The number of hydrogen-bond acceptors (Lipinski definition) is 4. The van der Waals surface area contributed by atoms with Gasteiger partial charge in [0.1, 0.15) is 11.7 Å². The number of benzene rings is 1. The van der Waals surface area contributed by atoms with Gasteiger partial charge in [-0.3, -0.25) is 5.41 Å². The van der Waals surface area contributed by atoms with E-state index in [1.54, 1.807) is 7.05 Å². The Labute approximate surface area is 137 Å². The Bertz CT molecular complexity index is 843. The summed E-state index contributed by atoms with van der Waals surface area (Å²) in [6.07, 6.45) is 1.75. The smallest absolute Gasteiger partial charge is 0.169 e. The second-order valence-electron chi connectivity index (χ2n) is 6.68. The number of amidine groups is 1. The zero-order valence-electron chi connectivity index (χ0n) is 13.3. The quantitative estimate of drug-likeness (QED) is 0.426. The van der Waals surface area contributed by atoms with Gasteiger partial charge in [0.15, 0.2) is 11.6 Å². The van der Waals surface area contributed by atoms with Crippen molar-refractivity contribution in [3.63, 3.8) is 0 Å². The maximum Gasteiger partial charge on any atom is 0.169 e. The summed E-state index contributed by atoms with van der Waals surface area (Å²) in [5, 5.41) is 11.4. The van der Waals surface area contributed by atoms with Gasteiger partial charge in [0.2, 0.25) is 0 Å². The highest BCUT2D eigenvalue weighted by Gasteiger charge is 2.44. The van der Waals surface area contributed by atoms with E-state index in [9.17, 15) is 8.78 Å². The summed E-state index contributed by atoms with van der Waals surface area (Å²) in [7, 11) is 1.62. The zero-order chi connectivity index (χ0) is 17.2. The fourth-order valence-corrected chi connectivity index (χ4v) is 4.18. The van der Waals surface area contributed by atoms with Crippen LogP contribution >= 0.6 is 0 Å². The van der Waals surface area contributed by atoms with Crippen LogP contribution in [0.4, 0.5) is 20.3 Å². The van der Waals surface area contributed by atoms with E-state index in [-0.39, 0.29) is 34.7 Å². The van der Waals surface area contributed by atoms with Crippen LogP contribution in [0.3, 0.4) is 0 Å². The molecular formula is C16H20F2N6. The first kappa shape index (κ1) is 15.2. The van der Waals surface area contributed by atoms with Crippen molar-refractivity contribution < 1.29 is 8.78 Å². The van der Waals surface area contributed by atoms with Crippen molar-refractivity contribution in [3.8, 4) is 0 Å². The number of hydrogen-bond donors (Lipinski definition) is 5. The second kappa shape index (κ2) is 5.07. The lowest BCUT2D eigenvalue weighted by atomic mass is 10.0. The number of fused-ring (bicyclic) bond motifs is 3. The van der Waals surface area contributed by atoms with Crippen molar-refractivity contribution in [2.24, 2.45) is 11.7 Å². The molecule has 2 fully saturated rings. The van der Waals surface area contributed by atoms with Gasteiger partial charge in [-0.25, -0.2) is 8.78 Å². The molecule has 6 nitrogen and oxygen atoms in total. The summed E-state index contributed by atoms with van der Waals surface area (Å²) in [4.78, 5) is 4.80. The van der Waals surface area contributed by atoms with Gasteiger partial charge in [-0.2, -0.15) is 0 Å². The first-order valence-corrected chi connectivity index (χ1v) is 8.00. The number of likely N-dealkylation sites (tertiary alicyclic amines) is 1. The van der Waals surface area contributed by atoms with Crippen LogP contribution in [-0.4, -0.2) is 41.4 Å². The van der Waals surface area contributed by atoms with Crippen LogP contribution in [-0.2, 0) is 0 Å². The van der Waals surface area contributed by atoms with Crippen LogP contribution in [0.1, 0.15) is 18.4 Å². The number of nitrogens with zero attached hydrogens (tertiary/aromatic N) is 1. The van der Waals surface area contributed by atoms with E-state index in [4.69, 9.17) is 16.9 Å². The second-order valence-corrected chi connectivity index (χ2v) is 6.68. The summed E-state index contributed by atoms with van der Waals surface area (Å²) >= 11 is 0. The first-order chi connectivity index (χ1) is 11.4. The van der Waals surface area contributed by atoms with Gasteiger partial charge in [0, 0.05) is 31.7 Å². The molecule has 7 N–H and O–H groups in total. The number of piperidine rings is 1. The van der Waals surface area contributed by atoms with Gasteiger partial charge in [0.05, 0.1) is 22.2 Å². The van der Waals surface area contributed by atoms with Crippen molar-refractivity contribution in [1.29, 1.82) is 5.41 Å². The van der Waals surface area contributed by atoms with Crippen LogP contribution in [0.25, 0.3) is 10.9 Å². The number of rotatable bonds is 2. The number of nitrogen functional groups attached to an aromatic ring is 1. The lowest BCUT2D eigenvalue weighted by molar-refractivity contribution is 0.301. The Morgan fingerprint density at radius 2 is 2.17 bits per heavy atom. The monoisotopic (exact) mass is 334 g/mol. The van der Waals surface area contributed by atoms with Crippen LogP contribution in [0, 0.1) is 23.0 Å². The molecule has 1 aromatic heterocycles. The predicted molar refractivity (Wildman–Crippen MR) is 90.2 cm³/mol. The SMILES string of the molecule is CNc1cc(F)c(F)c2c(C(=N)N3CC4CC3CC4N)c(N)[nH]c12. The molecule has 2 bridgehead atoms. The molecule has 4 rings (SSSR count). The molecule has 1 aliphatic carbocycles. The Morgan fingerprint density at radius 3 is 2.75 bits per heavy atom. The minimum Gasteiger partial charge on any atom is -0.386 e. The molecule has 3 atom stereocenters. The minimum absolute atomic E-state index is 0.0221. The molecule has 2 aliphatic rings. The van der Waals surface area contributed by atoms with E-state index in [1.165, 1.54) is 0 Å². The van der Waals surface area contributed by atoms with Gasteiger partial charge >= 0.3 is 0 Å². The lowest BCUT2D eigenvalue weighted by Gasteiger charge is -2.32. The highest BCUT2D eigenvalue weighted by Crippen LogP contribution is 2.40. The molecule has 0 radical (unpaired) electrons. The van der Waals surface area contributed by atoms with Gasteiger partial charge < -0.3 is 26.7 Å². The molecule has 0 amide bonds. The van der Waals surface area contributed by atoms with Gasteiger partial charge in [-0.05, 0) is 18.8 Å². The largest absolute Gasteiger partial charge is 0.386 e. The number of H-pyrrole nitrogens is 1. The van der Waals surface area contributed by atoms with Crippen LogP contribution < -0.4 is 16.8 Å². The molecule has 2 heterocycles. The number of halogens is 2. The third kappa shape index (κ3) is 1.92. The maximum atomic E-state index is 14.5. The number of nitrogens with one attached hydrogen (secondary N) is 3. The molecule has 128 valence electrons. The molecule has 1 aliphatic heterocycles. The summed E-state index contributed by atoms with van der Waals surface area (Å²) in [6, 6.07) is 1.41. The van der Waals surface area contributed by atoms with E-state index in [0.29, 0.717) is 23.7 Å². The minimum atomic E-state index is -0.988. The summed E-state index contributed by atoms with van der Waals surface area (Å²) < 4.78 is 28.4. The van der Waals surface area contributed by atoms with Gasteiger partial charge in [-0.1, -0.05) is 0 Å². The molecule has 1 aromatic carbocycles. The average molecular weight is 334 g/mol. The van der Waals surface area contributed by atoms with Crippen LogP contribution in [0.15, 0.2) is 6.07 Å². The fraction of sp³-hybridized carbons (Fsp3) is 0.438. The standard InChI is InChI=1S/C16H20F2N6/c1-22-10-4-8(17)13(18)11-12(15(20)23-14(10)11)16(21)24-5-6-2-7(24)3-9(6)19/h4,6-7,9,21-23H,2-3,5,19-20H2,1H3. The molecule has 1 saturated carbocycles. The summed E-state index contributed by atoms with van der Waals surface area (Å²) in [5.74, 6) is -1.31. The topological polar surface area (TPSA) is 107 Å². The molecule has 8 heteroatoms. The Balaban J connectivity index is 1.84. The highest BCUT2D eigenvalue weighted by molar-refractivity contribution is 6.15. The van der Waals surface area contributed by atoms with Gasteiger partial charge in [-0.15, -0.1) is 0 Å². The third-order valence-electron chi connectivity index (χ3n) is 5.39. The Hall–Kier alpha value is -2.35. The highest BCUT2D eigenvalue weighted by atomic mass is 19.2. The lowest BCUT2D eigenvalue weighted by Crippen LogP contribution is -2.44. The summed E-state index contributed by atoms with van der Waals surface area (Å²) in [5.41, 5.74) is 13.1. The molecule has 2 aromatic rings. The molecule has 0 spiro atoms. The average Bonchev–Trinajstić information content (AvgIpc) is 3.21. The summed E-state index contributed by atoms with van der Waals surface area (Å²) in [6.45, 7) is 0.659. The van der Waals surface area contributed by atoms with E-state index in [0.717, 1.165) is 18.9 Å². The number of aromatic amines is 1. The van der Waals surface area contributed by atoms with Crippen molar-refractivity contribution in [1.82, 2.24) is 9.88 Å². The van der Waals surface area contributed by atoms with Crippen LogP contribution in [0.5, 0.6) is 0 Å². The number of nitrogens with two attached hydrogens (primary N) is 2. The van der Waals surface area contributed by atoms with E-state index in [2.05, 4.69) is 10.3 Å². The fourth-order valence-electron chi connectivity index (χ4n) is 4.18. The van der Waals surface area contributed by atoms with E-state index in [1.807, 2.05) is 4.90 Å². The Kier molecular flexibility index (Phi) is 3.21. The number of aromatic nitrogens is 1. The van der Waals surface area contributed by atoms with Crippen molar-refractivity contribution in [3.05, 3.63) is 23.3 Å². The third-order valence-corrected chi connectivity index (χ3v) is 5.39. The molecule has 1 saturated heterocycles. The number of anilines is 2. The van der Waals surface area contributed by atoms with Crippen molar-refractivity contribution >= 4 is 28.2 Å².